The van der Waals surface area contributed by atoms with Gasteiger partial charge in [-0.15, -0.1) is 0 Å². The Morgan fingerprint density at radius 2 is 1.61 bits per heavy atom. The van der Waals surface area contributed by atoms with Gasteiger partial charge >= 0.3 is 0 Å². The molecule has 0 radical (unpaired) electrons. The highest BCUT2D eigenvalue weighted by molar-refractivity contribution is 5.76. The van der Waals surface area contributed by atoms with Crippen molar-refractivity contribution in [1.82, 2.24) is 9.80 Å². The molecule has 2 aromatic rings. The smallest absolute Gasteiger partial charge is 0.231 e. The Morgan fingerprint density at radius 1 is 0.895 bits per heavy atom. The number of fused-ring (bicyclic) bond motifs is 1. The molecule has 6 nitrogen and oxygen atoms in total. The van der Waals surface area contributed by atoms with Crippen LogP contribution < -0.4 is 14.2 Å². The highest BCUT2D eigenvalue weighted by atomic mass is 16.7. The van der Waals surface area contributed by atoms with Crippen molar-refractivity contribution in [1.29, 1.82) is 0 Å². The van der Waals surface area contributed by atoms with Crippen molar-refractivity contribution in [2.75, 3.05) is 39.6 Å². The minimum Gasteiger partial charge on any atom is -0.493 e. The first-order chi connectivity index (χ1) is 18.1. The van der Waals surface area contributed by atoms with Crippen LogP contribution in [0.1, 0.15) is 83.9 Å². The maximum atomic E-state index is 12.9. The summed E-state index contributed by atoms with van der Waals surface area (Å²) >= 11 is 0. The fourth-order valence-corrected chi connectivity index (χ4v) is 5.02. The third-order valence-corrected chi connectivity index (χ3v) is 8.62. The van der Waals surface area contributed by atoms with E-state index in [-0.39, 0.29) is 16.7 Å². The van der Waals surface area contributed by atoms with Crippen molar-refractivity contribution >= 4 is 5.91 Å². The molecule has 208 valence electrons. The first-order valence-electron chi connectivity index (χ1n) is 14.3. The van der Waals surface area contributed by atoms with E-state index in [1.165, 1.54) is 16.7 Å². The number of benzene rings is 2. The lowest BCUT2D eigenvalue weighted by atomic mass is 9.76. The lowest BCUT2D eigenvalue weighted by Crippen LogP contribution is -2.48. The molecule has 38 heavy (non-hydrogen) atoms. The Hall–Kier alpha value is -2.73. The van der Waals surface area contributed by atoms with Gasteiger partial charge in [0.25, 0.3) is 0 Å². The predicted octanol–water partition coefficient (Wildman–Crippen LogP) is 6.29. The molecule has 2 aliphatic rings. The van der Waals surface area contributed by atoms with Crippen LogP contribution in [0.4, 0.5) is 0 Å². The predicted molar refractivity (Wildman–Crippen MR) is 152 cm³/mol. The van der Waals surface area contributed by atoms with Gasteiger partial charge in [0.15, 0.2) is 11.5 Å². The largest absolute Gasteiger partial charge is 0.493 e. The van der Waals surface area contributed by atoms with Crippen LogP contribution in [0.25, 0.3) is 0 Å². The van der Waals surface area contributed by atoms with Crippen LogP contribution in [0.2, 0.25) is 0 Å². The first-order valence-corrected chi connectivity index (χ1v) is 14.3. The van der Waals surface area contributed by atoms with Crippen LogP contribution >= 0.6 is 0 Å². The molecule has 1 amide bonds. The van der Waals surface area contributed by atoms with Gasteiger partial charge in [-0.25, -0.2) is 0 Å². The van der Waals surface area contributed by atoms with E-state index in [1.54, 1.807) is 0 Å². The molecule has 2 aliphatic heterocycles. The number of hydrogen-bond donors (Lipinski definition) is 0. The molecule has 0 aliphatic carbocycles. The van der Waals surface area contributed by atoms with Crippen LogP contribution in [0.3, 0.4) is 0 Å². The van der Waals surface area contributed by atoms with Crippen molar-refractivity contribution in [2.45, 2.75) is 84.6 Å². The van der Waals surface area contributed by atoms with E-state index in [0.717, 1.165) is 69.2 Å². The van der Waals surface area contributed by atoms with Gasteiger partial charge in [-0.05, 0) is 59.4 Å². The molecule has 0 bridgehead atoms. The van der Waals surface area contributed by atoms with Crippen LogP contribution in [0.5, 0.6) is 17.2 Å². The quantitative estimate of drug-likeness (QED) is 0.325. The summed E-state index contributed by atoms with van der Waals surface area (Å²) in [6.45, 7) is 18.7. The zero-order chi connectivity index (χ0) is 27.3. The summed E-state index contributed by atoms with van der Waals surface area (Å²) < 4.78 is 17.2. The van der Waals surface area contributed by atoms with Crippen molar-refractivity contribution in [3.8, 4) is 17.2 Å². The molecule has 2 aromatic carbocycles. The summed E-state index contributed by atoms with van der Waals surface area (Å²) in [5.41, 5.74) is 4.01. The van der Waals surface area contributed by atoms with Crippen molar-refractivity contribution in [3.63, 3.8) is 0 Å². The Balaban J connectivity index is 1.24. The standard InChI is InChI=1S/C32H46N2O4/c1-7-31(3,4)25-12-14-27(26(21-25)32(5,6)8-2)36-19-9-10-30(35)34-17-15-33(16-18-34)22-24-11-13-28-29(20-24)38-23-37-28/h11-14,20-21H,7-10,15-19,22-23H2,1-6H3. The highest BCUT2D eigenvalue weighted by Crippen LogP contribution is 2.38. The fraction of sp³-hybridized carbons (Fsp3) is 0.594. The number of ether oxygens (including phenoxy) is 3. The number of carbonyl (C=O) groups is 1. The maximum Gasteiger partial charge on any atom is 0.231 e. The minimum absolute atomic E-state index is 0.0330. The Kier molecular flexibility index (Phi) is 8.92. The average Bonchev–Trinajstić information content (AvgIpc) is 3.39. The summed E-state index contributed by atoms with van der Waals surface area (Å²) in [7, 11) is 0. The molecule has 4 rings (SSSR count). The molecule has 0 aromatic heterocycles. The van der Waals surface area contributed by atoms with Gasteiger partial charge in [0.05, 0.1) is 6.61 Å². The molecule has 6 heteroatoms. The van der Waals surface area contributed by atoms with Gasteiger partial charge in [0.1, 0.15) is 5.75 Å². The van der Waals surface area contributed by atoms with Crippen molar-refractivity contribution in [3.05, 3.63) is 53.1 Å². The van der Waals surface area contributed by atoms with Gasteiger partial charge in [0.2, 0.25) is 12.7 Å². The molecular weight excluding hydrogens is 476 g/mol. The van der Waals surface area contributed by atoms with E-state index in [0.29, 0.717) is 19.8 Å². The number of hydrogen-bond acceptors (Lipinski definition) is 5. The lowest BCUT2D eigenvalue weighted by molar-refractivity contribution is -0.133. The molecular formula is C32H46N2O4. The first kappa shape index (κ1) is 28.3. The number of nitrogens with zero attached hydrogens (tertiary/aromatic N) is 2. The van der Waals surface area contributed by atoms with E-state index >= 15 is 0 Å². The third kappa shape index (κ3) is 6.63. The summed E-state index contributed by atoms with van der Waals surface area (Å²) in [4.78, 5) is 17.3. The molecule has 1 fully saturated rings. The van der Waals surface area contributed by atoms with Gasteiger partial charge < -0.3 is 19.1 Å². The molecule has 1 saturated heterocycles. The fourth-order valence-electron chi connectivity index (χ4n) is 5.02. The van der Waals surface area contributed by atoms with E-state index in [9.17, 15) is 4.79 Å². The monoisotopic (exact) mass is 522 g/mol. The average molecular weight is 523 g/mol. The molecule has 0 saturated carbocycles. The van der Waals surface area contributed by atoms with Crippen LogP contribution in [0.15, 0.2) is 36.4 Å². The zero-order valence-corrected chi connectivity index (χ0v) is 24.3. The van der Waals surface area contributed by atoms with Gasteiger partial charge in [-0.2, -0.15) is 0 Å². The van der Waals surface area contributed by atoms with Crippen LogP contribution in [0, 0.1) is 0 Å². The normalized spacial score (nSPS) is 16.1. The number of amides is 1. The second kappa shape index (κ2) is 12.0. The van der Waals surface area contributed by atoms with E-state index < -0.39 is 0 Å². The second-order valence-corrected chi connectivity index (χ2v) is 12.0. The van der Waals surface area contributed by atoms with Gasteiger partial charge in [-0.3, -0.25) is 9.69 Å². The summed E-state index contributed by atoms with van der Waals surface area (Å²) in [5.74, 6) is 2.82. The van der Waals surface area contributed by atoms with E-state index in [2.05, 4.69) is 76.8 Å². The molecule has 0 N–H and O–H groups in total. The Bertz CT molecular complexity index is 1100. The maximum absolute atomic E-state index is 12.9. The van der Waals surface area contributed by atoms with E-state index in [1.807, 2.05) is 11.0 Å². The summed E-state index contributed by atoms with van der Waals surface area (Å²) in [5, 5.41) is 0. The molecule has 0 unspecified atom stereocenters. The van der Waals surface area contributed by atoms with Crippen LogP contribution in [-0.2, 0) is 22.2 Å². The topological polar surface area (TPSA) is 51.2 Å². The summed E-state index contributed by atoms with van der Waals surface area (Å²) in [6, 6.07) is 12.8. The Morgan fingerprint density at radius 3 is 2.32 bits per heavy atom. The van der Waals surface area contributed by atoms with Gasteiger partial charge in [-0.1, -0.05) is 59.7 Å². The Labute approximate surface area is 229 Å². The SMILES string of the molecule is CCC(C)(C)c1ccc(OCCCC(=O)N2CCN(Cc3ccc4c(c3)OCO4)CC2)c(C(C)(C)CC)c1. The number of rotatable bonds is 11. The second-order valence-electron chi connectivity index (χ2n) is 12.0. The van der Waals surface area contributed by atoms with Crippen LogP contribution in [-0.4, -0.2) is 55.3 Å². The van der Waals surface area contributed by atoms with Crippen molar-refractivity contribution < 1.29 is 19.0 Å². The lowest BCUT2D eigenvalue weighted by Gasteiger charge is -2.35. The third-order valence-electron chi connectivity index (χ3n) is 8.62. The summed E-state index contributed by atoms with van der Waals surface area (Å²) in [6.07, 6.45) is 3.38. The van der Waals surface area contributed by atoms with Gasteiger partial charge in [0, 0.05) is 44.7 Å². The zero-order valence-electron chi connectivity index (χ0n) is 24.3. The number of piperazine rings is 1. The molecule has 2 heterocycles. The van der Waals surface area contributed by atoms with E-state index in [4.69, 9.17) is 14.2 Å². The molecule has 0 spiro atoms. The molecule has 0 atom stereocenters. The minimum atomic E-state index is 0.0330. The number of carbonyl (C=O) groups excluding carboxylic acids is 1. The van der Waals surface area contributed by atoms with Crippen molar-refractivity contribution in [2.24, 2.45) is 0 Å². The highest BCUT2D eigenvalue weighted by Gasteiger charge is 2.27.